The Balaban J connectivity index is 1.70. The quantitative estimate of drug-likeness (QED) is 0.761. The van der Waals surface area contributed by atoms with Crippen LogP contribution >= 0.6 is 0 Å². The van der Waals surface area contributed by atoms with Crippen LogP contribution < -0.4 is 10.5 Å². The van der Waals surface area contributed by atoms with E-state index in [0.29, 0.717) is 31.7 Å². The number of likely N-dealkylation sites (tertiary alicyclic amines) is 1. The fraction of sp³-hybridized carbons (Fsp3) is 0.550. The van der Waals surface area contributed by atoms with Crippen molar-refractivity contribution in [1.29, 1.82) is 0 Å². The van der Waals surface area contributed by atoms with E-state index in [4.69, 9.17) is 15.2 Å². The fourth-order valence-electron chi connectivity index (χ4n) is 2.88. The molecule has 0 aromatic heterocycles. The molecule has 1 aromatic carbocycles. The van der Waals surface area contributed by atoms with Crippen molar-refractivity contribution in [2.24, 2.45) is 11.7 Å². The van der Waals surface area contributed by atoms with Crippen molar-refractivity contribution in [2.45, 2.75) is 39.0 Å². The summed E-state index contributed by atoms with van der Waals surface area (Å²) in [5.41, 5.74) is 6.49. The van der Waals surface area contributed by atoms with Crippen LogP contribution in [-0.2, 0) is 24.5 Å². The van der Waals surface area contributed by atoms with Crippen molar-refractivity contribution in [1.82, 2.24) is 4.90 Å². The van der Waals surface area contributed by atoms with Gasteiger partial charge in [-0.3, -0.25) is 9.59 Å². The standard InChI is InChI=1S/C20H28N2O5/c1-20(2,3)15-4-6-16(7-5-15)26-13-18(24)27-12-17(23)22-10-8-14(9-11-22)19(21)25/h4-7,14H,8-13H2,1-3H3,(H2,21,25). The van der Waals surface area contributed by atoms with Gasteiger partial charge in [0.1, 0.15) is 5.75 Å². The topological polar surface area (TPSA) is 98.9 Å². The number of benzene rings is 1. The molecule has 1 aromatic rings. The fourth-order valence-corrected chi connectivity index (χ4v) is 2.88. The first-order valence-electron chi connectivity index (χ1n) is 9.13. The summed E-state index contributed by atoms with van der Waals surface area (Å²) >= 11 is 0. The van der Waals surface area contributed by atoms with Gasteiger partial charge in [-0.1, -0.05) is 32.9 Å². The van der Waals surface area contributed by atoms with E-state index in [1.165, 1.54) is 5.56 Å². The maximum Gasteiger partial charge on any atom is 0.344 e. The van der Waals surface area contributed by atoms with E-state index in [2.05, 4.69) is 20.8 Å². The molecule has 0 spiro atoms. The lowest BCUT2D eigenvalue weighted by Crippen LogP contribution is -2.43. The first-order valence-corrected chi connectivity index (χ1v) is 9.13. The summed E-state index contributed by atoms with van der Waals surface area (Å²) in [5.74, 6) is -0.827. The average molecular weight is 376 g/mol. The summed E-state index contributed by atoms with van der Waals surface area (Å²) < 4.78 is 10.4. The number of nitrogens with zero attached hydrogens (tertiary/aromatic N) is 1. The molecule has 27 heavy (non-hydrogen) atoms. The molecule has 1 aliphatic rings. The van der Waals surface area contributed by atoms with Crippen molar-refractivity contribution in [2.75, 3.05) is 26.3 Å². The number of piperidine rings is 1. The summed E-state index contributed by atoms with van der Waals surface area (Å²) in [6.07, 6.45) is 1.09. The number of ether oxygens (including phenoxy) is 2. The van der Waals surface area contributed by atoms with Gasteiger partial charge in [-0.25, -0.2) is 4.79 Å². The molecule has 7 heteroatoms. The van der Waals surface area contributed by atoms with E-state index in [9.17, 15) is 14.4 Å². The highest BCUT2D eigenvalue weighted by atomic mass is 16.6. The molecule has 0 radical (unpaired) electrons. The smallest absolute Gasteiger partial charge is 0.344 e. The maximum atomic E-state index is 12.1. The zero-order valence-corrected chi connectivity index (χ0v) is 16.2. The number of amides is 2. The van der Waals surface area contributed by atoms with E-state index in [1.54, 1.807) is 4.90 Å². The minimum Gasteiger partial charge on any atom is -0.482 e. The number of rotatable bonds is 6. The van der Waals surface area contributed by atoms with E-state index < -0.39 is 5.97 Å². The lowest BCUT2D eigenvalue weighted by Gasteiger charge is -2.30. The monoisotopic (exact) mass is 376 g/mol. The number of carbonyl (C=O) groups is 3. The Morgan fingerprint density at radius 1 is 1.07 bits per heavy atom. The second-order valence-corrected chi connectivity index (χ2v) is 7.78. The molecule has 7 nitrogen and oxygen atoms in total. The SMILES string of the molecule is CC(C)(C)c1ccc(OCC(=O)OCC(=O)N2CCC(C(N)=O)CC2)cc1. The summed E-state index contributed by atoms with van der Waals surface area (Å²) in [6.45, 7) is 6.66. The third-order valence-corrected chi connectivity index (χ3v) is 4.68. The largest absolute Gasteiger partial charge is 0.482 e. The molecule has 1 heterocycles. The molecule has 148 valence electrons. The molecule has 1 aliphatic heterocycles. The number of esters is 1. The van der Waals surface area contributed by atoms with E-state index in [0.717, 1.165) is 0 Å². The Bertz CT molecular complexity index is 671. The van der Waals surface area contributed by atoms with Crippen LogP contribution in [0.4, 0.5) is 0 Å². The van der Waals surface area contributed by atoms with Crippen LogP contribution in [0.25, 0.3) is 0 Å². The third-order valence-electron chi connectivity index (χ3n) is 4.68. The van der Waals surface area contributed by atoms with Crippen molar-refractivity contribution >= 4 is 17.8 Å². The van der Waals surface area contributed by atoms with Crippen LogP contribution in [0.15, 0.2) is 24.3 Å². The van der Waals surface area contributed by atoms with Gasteiger partial charge in [0.05, 0.1) is 0 Å². The molecule has 2 amide bonds. The number of primary amides is 1. The summed E-state index contributed by atoms with van der Waals surface area (Å²) in [7, 11) is 0. The van der Waals surface area contributed by atoms with Crippen LogP contribution in [0.3, 0.4) is 0 Å². The zero-order chi connectivity index (χ0) is 20.0. The molecule has 0 atom stereocenters. The maximum absolute atomic E-state index is 12.1. The predicted molar refractivity (Wildman–Crippen MR) is 100 cm³/mol. The first kappa shape index (κ1) is 20.7. The lowest BCUT2D eigenvalue weighted by molar-refractivity contribution is -0.154. The highest BCUT2D eigenvalue weighted by Crippen LogP contribution is 2.24. The van der Waals surface area contributed by atoms with Crippen molar-refractivity contribution < 1.29 is 23.9 Å². The highest BCUT2D eigenvalue weighted by Gasteiger charge is 2.26. The number of nitrogens with two attached hydrogens (primary N) is 1. The van der Waals surface area contributed by atoms with Crippen LogP contribution in [0.5, 0.6) is 5.75 Å². The second-order valence-electron chi connectivity index (χ2n) is 7.78. The molecule has 0 bridgehead atoms. The Kier molecular flexibility index (Phi) is 6.82. The molecule has 0 saturated carbocycles. The number of hydrogen-bond acceptors (Lipinski definition) is 5. The van der Waals surface area contributed by atoms with Gasteiger partial charge in [-0.15, -0.1) is 0 Å². The van der Waals surface area contributed by atoms with Gasteiger partial charge in [0.15, 0.2) is 13.2 Å². The zero-order valence-electron chi connectivity index (χ0n) is 16.2. The molecule has 2 rings (SSSR count). The minimum absolute atomic E-state index is 0.0454. The van der Waals surface area contributed by atoms with Crippen LogP contribution in [0, 0.1) is 5.92 Å². The van der Waals surface area contributed by atoms with E-state index in [1.807, 2.05) is 24.3 Å². The third kappa shape index (κ3) is 6.27. The Labute approximate surface area is 159 Å². The summed E-state index contributed by atoms with van der Waals surface area (Å²) in [6, 6.07) is 7.53. The summed E-state index contributed by atoms with van der Waals surface area (Å²) in [4.78, 5) is 36.6. The van der Waals surface area contributed by atoms with Crippen molar-refractivity contribution in [3.63, 3.8) is 0 Å². The van der Waals surface area contributed by atoms with Gasteiger partial charge in [0, 0.05) is 19.0 Å². The van der Waals surface area contributed by atoms with Gasteiger partial charge in [-0.05, 0) is 36.0 Å². The Morgan fingerprint density at radius 2 is 1.67 bits per heavy atom. The second kappa shape index (κ2) is 8.88. The van der Waals surface area contributed by atoms with Crippen LogP contribution in [-0.4, -0.2) is 49.0 Å². The van der Waals surface area contributed by atoms with Crippen LogP contribution in [0.2, 0.25) is 0 Å². The molecule has 0 unspecified atom stereocenters. The first-order chi connectivity index (χ1) is 12.7. The minimum atomic E-state index is -0.602. The van der Waals surface area contributed by atoms with Crippen molar-refractivity contribution in [3.8, 4) is 5.75 Å². The summed E-state index contributed by atoms with van der Waals surface area (Å²) in [5, 5.41) is 0. The average Bonchev–Trinajstić information content (AvgIpc) is 2.64. The molecule has 2 N–H and O–H groups in total. The van der Waals surface area contributed by atoms with Gasteiger partial charge >= 0.3 is 5.97 Å². The Morgan fingerprint density at radius 3 is 2.19 bits per heavy atom. The van der Waals surface area contributed by atoms with Gasteiger partial charge < -0.3 is 20.1 Å². The molecular formula is C20H28N2O5. The number of carbonyl (C=O) groups excluding carboxylic acids is 3. The van der Waals surface area contributed by atoms with E-state index in [-0.39, 0.29) is 36.4 Å². The normalized spacial score (nSPS) is 15.3. The molecular weight excluding hydrogens is 348 g/mol. The highest BCUT2D eigenvalue weighted by molar-refractivity contribution is 5.82. The van der Waals surface area contributed by atoms with E-state index >= 15 is 0 Å². The lowest BCUT2D eigenvalue weighted by atomic mass is 9.87. The Hall–Kier alpha value is -2.57. The molecule has 1 fully saturated rings. The predicted octanol–water partition coefficient (Wildman–Crippen LogP) is 1.63. The van der Waals surface area contributed by atoms with Crippen molar-refractivity contribution in [3.05, 3.63) is 29.8 Å². The van der Waals surface area contributed by atoms with Gasteiger partial charge in [0.2, 0.25) is 5.91 Å². The van der Waals surface area contributed by atoms with Crippen LogP contribution in [0.1, 0.15) is 39.2 Å². The molecule has 0 aliphatic carbocycles. The number of hydrogen-bond donors (Lipinski definition) is 1. The van der Waals surface area contributed by atoms with Gasteiger partial charge in [-0.2, -0.15) is 0 Å². The molecule has 1 saturated heterocycles. The van der Waals surface area contributed by atoms with Gasteiger partial charge in [0.25, 0.3) is 5.91 Å².